The van der Waals surface area contributed by atoms with Crippen LogP contribution in [0.3, 0.4) is 0 Å². The molecule has 2 aromatic rings. The van der Waals surface area contributed by atoms with Crippen LogP contribution in [0, 0.1) is 18.3 Å². The van der Waals surface area contributed by atoms with Crippen LogP contribution in [0.25, 0.3) is 0 Å². The standard InChI is InChI=1S/C21H30N6OS/c1-13-6-7-21(17(13)22)8-11-27(12-9-21)20-25-18(23)16(19(28)26(20)3)29-15-5-4-10-24-14(15)2/h4-5,10,13,17H,6-9,11-12,22-23H2,1-3H3/t13-,17-/m1/s1. The van der Waals surface area contributed by atoms with Crippen molar-refractivity contribution in [2.75, 3.05) is 23.7 Å². The molecule has 7 nitrogen and oxygen atoms in total. The number of rotatable bonds is 3. The minimum Gasteiger partial charge on any atom is -0.382 e. The van der Waals surface area contributed by atoms with Crippen LogP contribution in [-0.2, 0) is 7.05 Å². The third kappa shape index (κ3) is 3.53. The number of hydrogen-bond acceptors (Lipinski definition) is 7. The third-order valence-corrected chi connectivity index (χ3v) is 8.12. The molecule has 156 valence electrons. The Labute approximate surface area is 175 Å². The molecular weight excluding hydrogens is 384 g/mol. The molecule has 8 heteroatoms. The fourth-order valence-electron chi connectivity index (χ4n) is 4.85. The van der Waals surface area contributed by atoms with E-state index in [9.17, 15) is 4.79 Å². The summed E-state index contributed by atoms with van der Waals surface area (Å²) in [6, 6.07) is 4.07. The number of aromatic nitrogens is 3. The summed E-state index contributed by atoms with van der Waals surface area (Å²) < 4.78 is 1.62. The number of nitrogen functional groups attached to an aromatic ring is 1. The van der Waals surface area contributed by atoms with Crippen LogP contribution in [0.5, 0.6) is 0 Å². The SMILES string of the molecule is Cc1ncccc1Sc1c(N)nc(N2CCC3(CC[C@@H](C)[C@H]3N)CC2)n(C)c1=O. The second-order valence-corrected chi connectivity index (χ2v) is 9.62. The fraction of sp³-hybridized carbons (Fsp3) is 0.571. The maximum absolute atomic E-state index is 13.1. The first kappa shape index (κ1) is 20.2. The third-order valence-electron chi connectivity index (χ3n) is 6.88. The van der Waals surface area contributed by atoms with E-state index in [1.807, 2.05) is 19.1 Å². The fourth-order valence-corrected chi connectivity index (χ4v) is 5.79. The van der Waals surface area contributed by atoms with Crippen molar-refractivity contribution in [3.63, 3.8) is 0 Å². The van der Waals surface area contributed by atoms with Crippen molar-refractivity contribution in [2.45, 2.75) is 55.4 Å². The summed E-state index contributed by atoms with van der Waals surface area (Å²) in [5.74, 6) is 1.52. The Morgan fingerprint density at radius 3 is 2.62 bits per heavy atom. The number of pyridine rings is 1. The molecule has 3 heterocycles. The molecule has 2 atom stereocenters. The molecule has 0 bridgehead atoms. The summed E-state index contributed by atoms with van der Waals surface area (Å²) in [4.78, 5) is 25.5. The highest BCUT2D eigenvalue weighted by atomic mass is 32.2. The molecular formula is C21H30N6OS. The molecule has 1 saturated heterocycles. The molecule has 4 N–H and O–H groups in total. The van der Waals surface area contributed by atoms with Gasteiger partial charge in [-0.2, -0.15) is 4.98 Å². The number of nitrogens with two attached hydrogens (primary N) is 2. The Kier molecular flexibility index (Phi) is 5.33. The lowest BCUT2D eigenvalue weighted by molar-refractivity contribution is 0.185. The van der Waals surface area contributed by atoms with E-state index in [1.54, 1.807) is 17.8 Å². The highest BCUT2D eigenvalue weighted by Crippen LogP contribution is 2.48. The van der Waals surface area contributed by atoms with Crippen LogP contribution in [0.4, 0.5) is 11.8 Å². The molecule has 0 radical (unpaired) electrons. The van der Waals surface area contributed by atoms with Crippen LogP contribution >= 0.6 is 11.8 Å². The van der Waals surface area contributed by atoms with Gasteiger partial charge in [0.25, 0.3) is 5.56 Å². The maximum atomic E-state index is 13.1. The van der Waals surface area contributed by atoms with Gasteiger partial charge in [0.1, 0.15) is 10.7 Å². The molecule has 1 saturated carbocycles. The van der Waals surface area contributed by atoms with E-state index >= 15 is 0 Å². The van der Waals surface area contributed by atoms with Crippen LogP contribution in [0.2, 0.25) is 0 Å². The molecule has 2 fully saturated rings. The van der Waals surface area contributed by atoms with Crippen LogP contribution < -0.4 is 21.9 Å². The van der Waals surface area contributed by atoms with E-state index in [0.717, 1.165) is 36.5 Å². The summed E-state index contributed by atoms with van der Waals surface area (Å²) in [5, 5.41) is 0. The minimum absolute atomic E-state index is 0.118. The van der Waals surface area contributed by atoms with Crippen molar-refractivity contribution in [3.05, 3.63) is 34.4 Å². The first-order valence-electron chi connectivity index (χ1n) is 10.3. The number of anilines is 2. The second kappa shape index (κ2) is 7.65. The quantitative estimate of drug-likeness (QED) is 0.795. The summed E-state index contributed by atoms with van der Waals surface area (Å²) in [7, 11) is 1.78. The van der Waals surface area contributed by atoms with Crippen molar-refractivity contribution >= 4 is 23.5 Å². The summed E-state index contributed by atoms with van der Waals surface area (Å²) in [5.41, 5.74) is 13.8. The molecule has 0 amide bonds. The highest BCUT2D eigenvalue weighted by Gasteiger charge is 2.46. The molecule has 1 aliphatic heterocycles. The van der Waals surface area contributed by atoms with Gasteiger partial charge in [0.15, 0.2) is 0 Å². The minimum atomic E-state index is -0.118. The van der Waals surface area contributed by atoms with Crippen LogP contribution in [0.15, 0.2) is 32.9 Å². The van der Waals surface area contributed by atoms with Gasteiger partial charge in [-0.3, -0.25) is 14.3 Å². The smallest absolute Gasteiger partial charge is 0.270 e. The number of nitrogens with zero attached hydrogens (tertiary/aromatic N) is 4. The van der Waals surface area contributed by atoms with Gasteiger partial charge >= 0.3 is 0 Å². The van der Waals surface area contributed by atoms with Crippen molar-refractivity contribution in [3.8, 4) is 0 Å². The number of hydrogen-bond donors (Lipinski definition) is 2. The Hall–Kier alpha value is -2.06. The van der Waals surface area contributed by atoms with E-state index in [0.29, 0.717) is 16.8 Å². The molecule has 4 rings (SSSR count). The van der Waals surface area contributed by atoms with Crippen molar-refractivity contribution < 1.29 is 0 Å². The molecule has 0 aromatic carbocycles. The summed E-state index contributed by atoms with van der Waals surface area (Å²) in [6.07, 6.45) is 6.24. The van der Waals surface area contributed by atoms with Gasteiger partial charge in [-0.15, -0.1) is 0 Å². The van der Waals surface area contributed by atoms with E-state index in [1.165, 1.54) is 24.6 Å². The zero-order chi connectivity index (χ0) is 20.8. The highest BCUT2D eigenvalue weighted by molar-refractivity contribution is 7.99. The average molecular weight is 415 g/mol. The van der Waals surface area contributed by atoms with Gasteiger partial charge in [-0.1, -0.05) is 18.7 Å². The monoisotopic (exact) mass is 414 g/mol. The van der Waals surface area contributed by atoms with Crippen molar-refractivity contribution in [1.29, 1.82) is 0 Å². The summed E-state index contributed by atoms with van der Waals surface area (Å²) >= 11 is 1.33. The predicted octanol–water partition coefficient (Wildman–Crippen LogP) is 2.56. The second-order valence-electron chi connectivity index (χ2n) is 8.57. The van der Waals surface area contributed by atoms with E-state index in [4.69, 9.17) is 11.5 Å². The maximum Gasteiger partial charge on any atom is 0.270 e. The van der Waals surface area contributed by atoms with Crippen LogP contribution in [0.1, 0.15) is 38.3 Å². The van der Waals surface area contributed by atoms with Crippen molar-refractivity contribution in [2.24, 2.45) is 24.1 Å². The Morgan fingerprint density at radius 2 is 2.00 bits per heavy atom. The first-order chi connectivity index (χ1) is 13.8. The Balaban J connectivity index is 1.57. The van der Waals surface area contributed by atoms with Gasteiger partial charge in [0.05, 0.1) is 5.69 Å². The topological polar surface area (TPSA) is 103 Å². The normalized spacial score (nSPS) is 23.7. The molecule has 1 spiro atoms. The van der Waals surface area contributed by atoms with E-state index in [2.05, 4.69) is 21.8 Å². The molecule has 29 heavy (non-hydrogen) atoms. The molecule has 2 aromatic heterocycles. The average Bonchev–Trinajstić information content (AvgIpc) is 2.99. The Morgan fingerprint density at radius 1 is 1.28 bits per heavy atom. The van der Waals surface area contributed by atoms with Gasteiger partial charge < -0.3 is 16.4 Å². The molecule has 2 aliphatic rings. The Bertz CT molecular complexity index is 966. The van der Waals surface area contributed by atoms with Gasteiger partial charge in [0.2, 0.25) is 5.95 Å². The molecule has 0 unspecified atom stereocenters. The van der Waals surface area contributed by atoms with Crippen molar-refractivity contribution in [1.82, 2.24) is 14.5 Å². The van der Waals surface area contributed by atoms with Gasteiger partial charge in [-0.05, 0) is 56.1 Å². The first-order valence-corrected chi connectivity index (χ1v) is 11.1. The van der Waals surface area contributed by atoms with Crippen LogP contribution in [-0.4, -0.2) is 33.7 Å². The van der Waals surface area contributed by atoms with Gasteiger partial charge in [-0.25, -0.2) is 0 Å². The molecule has 1 aliphatic carbocycles. The lowest BCUT2D eigenvalue weighted by Gasteiger charge is -2.43. The largest absolute Gasteiger partial charge is 0.382 e. The zero-order valence-corrected chi connectivity index (χ0v) is 18.2. The summed E-state index contributed by atoms with van der Waals surface area (Å²) in [6.45, 7) is 5.89. The van der Waals surface area contributed by atoms with E-state index < -0.39 is 0 Å². The predicted molar refractivity (Wildman–Crippen MR) is 117 cm³/mol. The van der Waals surface area contributed by atoms with E-state index in [-0.39, 0.29) is 22.8 Å². The number of piperidine rings is 1. The zero-order valence-electron chi connectivity index (χ0n) is 17.4. The lowest BCUT2D eigenvalue weighted by Crippen LogP contribution is -2.49. The number of aryl methyl sites for hydroxylation is 1. The lowest BCUT2D eigenvalue weighted by atomic mass is 9.73. The van der Waals surface area contributed by atoms with Gasteiger partial charge in [0, 0.05) is 37.3 Å².